The number of halogens is 1. The molecular formula is C14H11IN2O4. The van der Waals surface area contributed by atoms with Gasteiger partial charge in [-0.25, -0.2) is 4.79 Å². The Hall–Kier alpha value is -2.29. The van der Waals surface area contributed by atoms with Crippen LogP contribution in [0.4, 0.5) is 11.4 Å². The highest BCUT2D eigenvalue weighted by Crippen LogP contribution is 2.23. The minimum absolute atomic E-state index is 0.0115. The lowest BCUT2D eigenvalue weighted by molar-refractivity contribution is 0.0697. The number of hydrogen-bond acceptors (Lipinski definition) is 4. The molecule has 21 heavy (non-hydrogen) atoms. The third kappa shape index (κ3) is 3.43. The number of carboxylic acid groups (broad SMARTS) is 1. The van der Waals surface area contributed by atoms with Crippen molar-refractivity contribution in [3.63, 3.8) is 0 Å². The number of phenolic OH excluding ortho intramolecular Hbond substituents is 1. The molecule has 1 amide bonds. The predicted octanol–water partition coefficient (Wildman–Crippen LogP) is 2.53. The van der Waals surface area contributed by atoms with Crippen LogP contribution in [0.3, 0.4) is 0 Å². The molecule has 0 spiro atoms. The number of rotatable bonds is 3. The van der Waals surface area contributed by atoms with Crippen LogP contribution in [0.2, 0.25) is 0 Å². The van der Waals surface area contributed by atoms with Gasteiger partial charge in [-0.1, -0.05) is 0 Å². The number of carbonyl (C=O) groups excluding carboxylic acids is 1. The fourth-order valence-electron chi connectivity index (χ4n) is 1.66. The monoisotopic (exact) mass is 398 g/mol. The van der Waals surface area contributed by atoms with Crippen molar-refractivity contribution in [3.8, 4) is 5.75 Å². The molecule has 0 aliphatic carbocycles. The highest BCUT2D eigenvalue weighted by atomic mass is 127. The van der Waals surface area contributed by atoms with Crippen molar-refractivity contribution in [1.82, 2.24) is 0 Å². The molecule has 0 bridgehead atoms. The van der Waals surface area contributed by atoms with E-state index in [-0.39, 0.29) is 22.6 Å². The molecule has 0 saturated heterocycles. The van der Waals surface area contributed by atoms with Gasteiger partial charge in [0, 0.05) is 5.56 Å². The maximum atomic E-state index is 12.1. The van der Waals surface area contributed by atoms with Crippen LogP contribution in [0.15, 0.2) is 36.4 Å². The molecule has 2 aromatic carbocycles. The summed E-state index contributed by atoms with van der Waals surface area (Å²) in [4.78, 5) is 22.9. The summed E-state index contributed by atoms with van der Waals surface area (Å²) in [7, 11) is 0. The Kier molecular flexibility index (Phi) is 4.32. The van der Waals surface area contributed by atoms with Gasteiger partial charge in [0.15, 0.2) is 0 Å². The summed E-state index contributed by atoms with van der Waals surface area (Å²) in [5.74, 6) is -1.53. The van der Waals surface area contributed by atoms with E-state index in [9.17, 15) is 14.7 Å². The number of nitrogen functional groups attached to an aromatic ring is 1. The minimum atomic E-state index is -1.10. The molecule has 108 valence electrons. The van der Waals surface area contributed by atoms with Crippen LogP contribution in [0.5, 0.6) is 5.75 Å². The standard InChI is InChI=1S/C14H11IN2O4/c15-9-3-1-7(6-12(9)18)13(19)17-11-4-2-8(14(20)21)5-10(11)16/h1-6,18H,16H2,(H,17,19)(H,20,21). The predicted molar refractivity (Wildman–Crippen MR) is 86.6 cm³/mol. The summed E-state index contributed by atoms with van der Waals surface area (Å²) < 4.78 is 0.634. The van der Waals surface area contributed by atoms with Gasteiger partial charge in [0.2, 0.25) is 0 Å². The van der Waals surface area contributed by atoms with Crippen LogP contribution in [-0.4, -0.2) is 22.1 Å². The number of aromatic carboxylic acids is 1. The van der Waals surface area contributed by atoms with E-state index in [2.05, 4.69) is 5.32 Å². The van der Waals surface area contributed by atoms with Gasteiger partial charge in [0.25, 0.3) is 5.91 Å². The molecule has 0 saturated carbocycles. The van der Waals surface area contributed by atoms with E-state index in [4.69, 9.17) is 10.8 Å². The lowest BCUT2D eigenvalue weighted by Gasteiger charge is -2.09. The van der Waals surface area contributed by atoms with E-state index in [1.165, 1.54) is 24.3 Å². The SMILES string of the molecule is Nc1cc(C(=O)O)ccc1NC(=O)c1ccc(I)c(O)c1. The number of aromatic hydroxyl groups is 1. The zero-order valence-corrected chi connectivity index (χ0v) is 12.8. The van der Waals surface area contributed by atoms with Gasteiger partial charge < -0.3 is 21.3 Å². The van der Waals surface area contributed by atoms with Crippen molar-refractivity contribution in [1.29, 1.82) is 0 Å². The maximum absolute atomic E-state index is 12.1. The van der Waals surface area contributed by atoms with Crippen molar-refractivity contribution < 1.29 is 19.8 Å². The van der Waals surface area contributed by atoms with E-state index in [1.54, 1.807) is 12.1 Å². The average Bonchev–Trinajstić information content (AvgIpc) is 2.43. The molecule has 0 radical (unpaired) electrons. The molecule has 5 N–H and O–H groups in total. The highest BCUT2D eigenvalue weighted by Gasteiger charge is 2.12. The normalized spacial score (nSPS) is 10.1. The van der Waals surface area contributed by atoms with E-state index in [1.807, 2.05) is 22.6 Å². The first-order valence-corrected chi connectivity index (χ1v) is 6.89. The largest absolute Gasteiger partial charge is 0.507 e. The number of hydrogen-bond donors (Lipinski definition) is 4. The van der Waals surface area contributed by atoms with Gasteiger partial charge in [-0.15, -0.1) is 0 Å². The van der Waals surface area contributed by atoms with Gasteiger partial charge in [-0.05, 0) is 59.0 Å². The number of nitrogens with two attached hydrogens (primary N) is 1. The molecule has 0 atom stereocenters. The van der Waals surface area contributed by atoms with E-state index >= 15 is 0 Å². The van der Waals surface area contributed by atoms with Crippen LogP contribution in [0.25, 0.3) is 0 Å². The summed E-state index contributed by atoms with van der Waals surface area (Å²) >= 11 is 1.95. The lowest BCUT2D eigenvalue weighted by atomic mass is 10.1. The Morgan fingerprint density at radius 2 is 1.76 bits per heavy atom. The fourth-order valence-corrected chi connectivity index (χ4v) is 1.99. The summed E-state index contributed by atoms with van der Waals surface area (Å²) in [5, 5.41) is 21.0. The number of anilines is 2. The van der Waals surface area contributed by atoms with Crippen molar-refractivity contribution in [2.24, 2.45) is 0 Å². The number of amides is 1. The van der Waals surface area contributed by atoms with Crippen LogP contribution >= 0.6 is 22.6 Å². The molecule has 2 rings (SSSR count). The second kappa shape index (κ2) is 6.00. The molecule has 7 heteroatoms. The molecule has 0 aromatic heterocycles. The molecule has 0 unspecified atom stereocenters. The third-order valence-corrected chi connectivity index (χ3v) is 3.67. The van der Waals surface area contributed by atoms with Crippen molar-refractivity contribution in [2.75, 3.05) is 11.1 Å². The second-order valence-electron chi connectivity index (χ2n) is 4.23. The fraction of sp³-hybridized carbons (Fsp3) is 0. The first-order chi connectivity index (χ1) is 9.88. The van der Waals surface area contributed by atoms with Gasteiger partial charge in [-0.3, -0.25) is 4.79 Å². The van der Waals surface area contributed by atoms with Crippen LogP contribution < -0.4 is 11.1 Å². The zero-order chi connectivity index (χ0) is 15.6. The summed E-state index contributed by atoms with van der Waals surface area (Å²) in [6.07, 6.45) is 0. The molecule has 0 heterocycles. The summed E-state index contributed by atoms with van der Waals surface area (Å²) in [6, 6.07) is 8.56. The van der Waals surface area contributed by atoms with Gasteiger partial charge >= 0.3 is 5.97 Å². The number of phenols is 1. The van der Waals surface area contributed by atoms with E-state index in [0.29, 0.717) is 9.26 Å². The van der Waals surface area contributed by atoms with Crippen LogP contribution in [0, 0.1) is 3.57 Å². The van der Waals surface area contributed by atoms with Crippen molar-refractivity contribution >= 4 is 45.8 Å². The maximum Gasteiger partial charge on any atom is 0.335 e. The van der Waals surface area contributed by atoms with E-state index < -0.39 is 11.9 Å². The van der Waals surface area contributed by atoms with Crippen molar-refractivity contribution in [3.05, 3.63) is 51.1 Å². The Balaban J connectivity index is 2.23. The van der Waals surface area contributed by atoms with Gasteiger partial charge in [0.1, 0.15) is 5.75 Å². The molecule has 0 fully saturated rings. The average molecular weight is 398 g/mol. The zero-order valence-electron chi connectivity index (χ0n) is 10.6. The smallest absolute Gasteiger partial charge is 0.335 e. The Bertz CT molecular complexity index is 731. The second-order valence-corrected chi connectivity index (χ2v) is 5.39. The van der Waals surface area contributed by atoms with E-state index in [0.717, 1.165) is 0 Å². The summed E-state index contributed by atoms with van der Waals surface area (Å²) in [6.45, 7) is 0. The molecule has 2 aromatic rings. The topological polar surface area (TPSA) is 113 Å². The Labute approximate surface area is 133 Å². The lowest BCUT2D eigenvalue weighted by Crippen LogP contribution is -2.13. The number of nitrogens with one attached hydrogen (secondary N) is 1. The highest BCUT2D eigenvalue weighted by molar-refractivity contribution is 14.1. The Morgan fingerprint density at radius 3 is 2.33 bits per heavy atom. The molecular weight excluding hydrogens is 387 g/mol. The third-order valence-electron chi connectivity index (χ3n) is 2.76. The van der Waals surface area contributed by atoms with Crippen LogP contribution in [-0.2, 0) is 0 Å². The number of benzene rings is 2. The van der Waals surface area contributed by atoms with Gasteiger partial charge in [-0.2, -0.15) is 0 Å². The number of carboxylic acids is 1. The van der Waals surface area contributed by atoms with Gasteiger partial charge in [0.05, 0.1) is 20.5 Å². The quantitative estimate of drug-likeness (QED) is 0.469. The molecule has 6 nitrogen and oxygen atoms in total. The van der Waals surface area contributed by atoms with Crippen LogP contribution in [0.1, 0.15) is 20.7 Å². The Morgan fingerprint density at radius 1 is 1.10 bits per heavy atom. The first-order valence-electron chi connectivity index (χ1n) is 5.81. The summed E-state index contributed by atoms with van der Waals surface area (Å²) in [5.41, 5.74) is 6.48. The first kappa shape index (κ1) is 15.1. The molecule has 0 aliphatic heterocycles. The minimum Gasteiger partial charge on any atom is -0.507 e. The number of carbonyl (C=O) groups is 2. The van der Waals surface area contributed by atoms with Crippen molar-refractivity contribution in [2.45, 2.75) is 0 Å². The molecule has 0 aliphatic rings.